The molecule has 0 aromatic heterocycles. The first-order valence-corrected chi connectivity index (χ1v) is 13.0. The molecule has 1 fully saturated rings. The standard InChI is InChI=1S/C27H18Cl4N2O5/c1-13(14-5-3-2-4-6-14)32-12-15(11-18(32)34)27(37)38-17-9-7-16(8-10-17)33-25(35)19-20(26(33)36)22(29)24(31)23(30)21(19)28/h2-10,13,15H,11-12H2,1H3/t13-,15+/m0/s1. The van der Waals surface area contributed by atoms with Crippen LogP contribution in [0.4, 0.5) is 5.69 Å². The molecule has 11 heteroatoms. The van der Waals surface area contributed by atoms with E-state index in [0.717, 1.165) is 10.5 Å². The third-order valence-electron chi connectivity index (χ3n) is 6.66. The van der Waals surface area contributed by atoms with E-state index in [1.54, 1.807) is 4.90 Å². The Labute approximate surface area is 237 Å². The predicted octanol–water partition coefficient (Wildman–Crippen LogP) is 6.62. The third-order valence-corrected chi connectivity index (χ3v) is 8.46. The highest BCUT2D eigenvalue weighted by molar-refractivity contribution is 6.56. The van der Waals surface area contributed by atoms with Crippen LogP contribution < -0.4 is 9.64 Å². The average Bonchev–Trinajstić information content (AvgIpc) is 3.43. The number of hydrogen-bond acceptors (Lipinski definition) is 5. The largest absolute Gasteiger partial charge is 0.426 e. The van der Waals surface area contributed by atoms with Crippen LogP contribution in [0.2, 0.25) is 20.1 Å². The molecule has 0 spiro atoms. The van der Waals surface area contributed by atoms with Gasteiger partial charge in [-0.15, -0.1) is 0 Å². The maximum atomic E-state index is 13.0. The number of ether oxygens (including phenoxy) is 1. The lowest BCUT2D eigenvalue weighted by atomic mass is 10.1. The maximum Gasteiger partial charge on any atom is 0.316 e. The van der Waals surface area contributed by atoms with Crippen molar-refractivity contribution in [1.82, 2.24) is 4.90 Å². The van der Waals surface area contributed by atoms with E-state index in [2.05, 4.69) is 0 Å². The Kier molecular flexibility index (Phi) is 7.13. The quantitative estimate of drug-likeness (QED) is 0.109. The van der Waals surface area contributed by atoms with Gasteiger partial charge in [0.2, 0.25) is 5.91 Å². The summed E-state index contributed by atoms with van der Waals surface area (Å²) in [7, 11) is 0. The van der Waals surface area contributed by atoms with E-state index in [1.165, 1.54) is 24.3 Å². The molecule has 7 nitrogen and oxygen atoms in total. The van der Waals surface area contributed by atoms with Crippen LogP contribution in [0.3, 0.4) is 0 Å². The molecular weight excluding hydrogens is 574 g/mol. The first-order valence-electron chi connectivity index (χ1n) is 11.5. The van der Waals surface area contributed by atoms with E-state index in [-0.39, 0.29) is 67.6 Å². The molecule has 38 heavy (non-hydrogen) atoms. The van der Waals surface area contributed by atoms with Crippen molar-refractivity contribution in [3.63, 3.8) is 0 Å². The number of fused-ring (bicyclic) bond motifs is 1. The first-order chi connectivity index (χ1) is 18.1. The normalized spacial score (nSPS) is 17.7. The van der Waals surface area contributed by atoms with Crippen molar-refractivity contribution in [2.45, 2.75) is 19.4 Å². The van der Waals surface area contributed by atoms with Gasteiger partial charge in [0, 0.05) is 13.0 Å². The Morgan fingerprint density at radius 3 is 1.95 bits per heavy atom. The van der Waals surface area contributed by atoms with Gasteiger partial charge < -0.3 is 9.64 Å². The SMILES string of the molecule is C[C@@H](c1ccccc1)N1C[C@H](C(=O)Oc2ccc(N3C(=O)c4c(Cl)c(Cl)c(Cl)c(Cl)c4C3=O)cc2)CC1=O. The zero-order chi connectivity index (χ0) is 27.3. The molecule has 5 rings (SSSR count). The summed E-state index contributed by atoms with van der Waals surface area (Å²) in [6, 6.07) is 15.2. The van der Waals surface area contributed by atoms with Gasteiger partial charge in [0.1, 0.15) is 5.75 Å². The Morgan fingerprint density at radius 2 is 1.39 bits per heavy atom. The number of esters is 1. The van der Waals surface area contributed by atoms with E-state index in [0.29, 0.717) is 0 Å². The predicted molar refractivity (Wildman–Crippen MR) is 144 cm³/mol. The smallest absolute Gasteiger partial charge is 0.316 e. The van der Waals surface area contributed by atoms with Crippen molar-refractivity contribution in [2.75, 3.05) is 11.4 Å². The minimum Gasteiger partial charge on any atom is -0.426 e. The van der Waals surface area contributed by atoms with Crippen LogP contribution in [0.15, 0.2) is 54.6 Å². The van der Waals surface area contributed by atoms with Crippen molar-refractivity contribution >= 4 is 75.8 Å². The molecule has 0 unspecified atom stereocenters. The van der Waals surface area contributed by atoms with Gasteiger partial charge in [-0.2, -0.15) is 0 Å². The molecule has 2 heterocycles. The number of likely N-dealkylation sites (tertiary alicyclic amines) is 1. The zero-order valence-electron chi connectivity index (χ0n) is 19.7. The molecule has 2 aliphatic heterocycles. The molecule has 2 atom stereocenters. The molecule has 0 aliphatic carbocycles. The van der Waals surface area contributed by atoms with Crippen LogP contribution in [0.1, 0.15) is 45.7 Å². The molecule has 3 aromatic carbocycles. The molecule has 2 aliphatic rings. The highest BCUT2D eigenvalue weighted by Crippen LogP contribution is 2.45. The fourth-order valence-corrected chi connectivity index (χ4v) is 5.64. The summed E-state index contributed by atoms with van der Waals surface area (Å²) in [5.74, 6) is -2.52. The average molecular weight is 592 g/mol. The van der Waals surface area contributed by atoms with E-state index in [1.807, 2.05) is 37.3 Å². The molecule has 0 N–H and O–H groups in total. The topological polar surface area (TPSA) is 84.0 Å². The van der Waals surface area contributed by atoms with Gasteiger partial charge in [0.05, 0.1) is 48.9 Å². The van der Waals surface area contributed by atoms with Crippen LogP contribution in [-0.4, -0.2) is 35.1 Å². The second kappa shape index (κ2) is 10.2. The number of imide groups is 1. The van der Waals surface area contributed by atoms with Crippen molar-refractivity contribution in [3.05, 3.63) is 91.4 Å². The lowest BCUT2D eigenvalue weighted by Crippen LogP contribution is -2.30. The van der Waals surface area contributed by atoms with Gasteiger partial charge in [0.15, 0.2) is 0 Å². The van der Waals surface area contributed by atoms with Gasteiger partial charge in [-0.25, -0.2) is 4.90 Å². The molecule has 0 bridgehead atoms. The number of amides is 3. The van der Waals surface area contributed by atoms with Gasteiger partial charge in [-0.3, -0.25) is 19.2 Å². The number of benzene rings is 3. The van der Waals surface area contributed by atoms with Gasteiger partial charge in [0.25, 0.3) is 11.8 Å². The zero-order valence-corrected chi connectivity index (χ0v) is 22.7. The minimum atomic E-state index is -0.711. The number of hydrogen-bond donors (Lipinski definition) is 0. The molecule has 0 radical (unpaired) electrons. The molecule has 3 aromatic rings. The fourth-order valence-electron chi connectivity index (χ4n) is 4.62. The Morgan fingerprint density at radius 1 is 0.842 bits per heavy atom. The number of nitrogens with zero attached hydrogens (tertiary/aromatic N) is 2. The van der Waals surface area contributed by atoms with Crippen LogP contribution in [0.5, 0.6) is 5.75 Å². The Balaban J connectivity index is 1.29. The lowest BCUT2D eigenvalue weighted by Gasteiger charge is -2.25. The summed E-state index contributed by atoms with van der Waals surface area (Å²) >= 11 is 24.5. The minimum absolute atomic E-state index is 0.0514. The molecule has 1 saturated heterocycles. The van der Waals surface area contributed by atoms with Crippen LogP contribution in [-0.2, 0) is 9.59 Å². The van der Waals surface area contributed by atoms with Gasteiger partial charge in [-0.05, 0) is 36.8 Å². The van der Waals surface area contributed by atoms with Crippen LogP contribution >= 0.6 is 46.4 Å². The Hall–Kier alpha value is -3.10. The highest BCUT2D eigenvalue weighted by atomic mass is 35.5. The number of carbonyl (C=O) groups excluding carboxylic acids is 4. The molecular formula is C27H18Cl4N2O5. The van der Waals surface area contributed by atoms with Crippen LogP contribution in [0, 0.1) is 5.92 Å². The molecule has 3 amide bonds. The van der Waals surface area contributed by atoms with Crippen molar-refractivity contribution in [2.24, 2.45) is 5.92 Å². The summed E-state index contributed by atoms with van der Waals surface area (Å²) < 4.78 is 5.50. The summed E-state index contributed by atoms with van der Waals surface area (Å²) in [4.78, 5) is 54.1. The van der Waals surface area contributed by atoms with Gasteiger partial charge in [-0.1, -0.05) is 76.7 Å². The first kappa shape index (κ1) is 26.5. The van der Waals surface area contributed by atoms with E-state index in [9.17, 15) is 19.2 Å². The molecule has 0 saturated carbocycles. The second-order valence-corrected chi connectivity index (χ2v) is 10.4. The number of rotatable bonds is 5. The van der Waals surface area contributed by atoms with Crippen molar-refractivity contribution in [3.8, 4) is 5.75 Å². The van der Waals surface area contributed by atoms with E-state index >= 15 is 0 Å². The molecule has 194 valence electrons. The second-order valence-electron chi connectivity index (χ2n) is 8.90. The fraction of sp³-hybridized carbons (Fsp3) is 0.185. The van der Waals surface area contributed by atoms with E-state index < -0.39 is 23.7 Å². The van der Waals surface area contributed by atoms with Crippen molar-refractivity contribution < 1.29 is 23.9 Å². The maximum absolute atomic E-state index is 13.0. The summed E-state index contributed by atoms with van der Waals surface area (Å²) in [5, 5.41) is -0.567. The Bertz CT molecular complexity index is 1450. The number of carbonyl (C=O) groups is 4. The highest BCUT2D eigenvalue weighted by Gasteiger charge is 2.42. The monoisotopic (exact) mass is 590 g/mol. The van der Waals surface area contributed by atoms with Gasteiger partial charge >= 0.3 is 5.97 Å². The summed E-state index contributed by atoms with van der Waals surface area (Å²) in [6.07, 6.45) is 0.0514. The number of anilines is 1. The lowest BCUT2D eigenvalue weighted by molar-refractivity contribution is -0.139. The van der Waals surface area contributed by atoms with Crippen molar-refractivity contribution in [1.29, 1.82) is 0 Å². The summed E-state index contributed by atoms with van der Waals surface area (Å²) in [5.41, 5.74) is 0.915. The van der Waals surface area contributed by atoms with E-state index in [4.69, 9.17) is 51.1 Å². The number of halogens is 4. The van der Waals surface area contributed by atoms with Crippen LogP contribution in [0.25, 0.3) is 0 Å². The third kappa shape index (κ3) is 4.43. The summed E-state index contributed by atoms with van der Waals surface area (Å²) in [6.45, 7) is 2.16.